The summed E-state index contributed by atoms with van der Waals surface area (Å²) in [4.78, 5) is 4.90. The molecule has 1 unspecified atom stereocenters. The number of nitrogens with one attached hydrogen (secondary N) is 1. The Bertz CT molecular complexity index is 715. The second kappa shape index (κ2) is 8.12. The van der Waals surface area contributed by atoms with E-state index in [1.54, 1.807) is 12.1 Å². The van der Waals surface area contributed by atoms with Crippen molar-refractivity contribution in [3.8, 4) is 11.5 Å². The molecule has 0 amide bonds. The minimum atomic E-state index is -3.59. The molecule has 0 aliphatic carbocycles. The highest BCUT2D eigenvalue weighted by molar-refractivity contribution is 7.89. The topological polar surface area (TPSA) is 71.1 Å². The Morgan fingerprint density at radius 2 is 1.73 bits per heavy atom. The normalized spacial score (nSPS) is 20.3. The average Bonchev–Trinajstić information content (AvgIpc) is 2.62. The first kappa shape index (κ1) is 19.4. The van der Waals surface area contributed by atoms with Crippen molar-refractivity contribution in [2.45, 2.75) is 24.8 Å². The molecule has 0 bridgehead atoms. The second-order valence-corrected chi connectivity index (χ2v) is 9.07. The molecule has 1 fully saturated rings. The van der Waals surface area contributed by atoms with Gasteiger partial charge in [0.25, 0.3) is 0 Å². The molecule has 2 aliphatic heterocycles. The lowest BCUT2D eigenvalue weighted by atomic mass is 10.0. The molecule has 1 N–H and O–H groups in total. The summed E-state index contributed by atoms with van der Waals surface area (Å²) >= 11 is 0. The van der Waals surface area contributed by atoms with Gasteiger partial charge in [-0.3, -0.25) is 4.90 Å². The molecule has 8 heteroatoms. The van der Waals surface area contributed by atoms with E-state index in [0.717, 1.165) is 26.2 Å². The first-order valence-electron chi connectivity index (χ1n) is 9.19. The zero-order chi connectivity index (χ0) is 18.7. The van der Waals surface area contributed by atoms with Gasteiger partial charge in [-0.15, -0.1) is 0 Å². The van der Waals surface area contributed by atoms with E-state index in [4.69, 9.17) is 9.47 Å². The number of piperazine rings is 1. The van der Waals surface area contributed by atoms with Gasteiger partial charge in [-0.25, -0.2) is 13.1 Å². The average molecular weight is 384 g/mol. The van der Waals surface area contributed by atoms with Crippen molar-refractivity contribution in [2.75, 3.05) is 53.0 Å². The molecular formula is C18H29N3O4S. The molecule has 2 aliphatic rings. The number of nitrogens with zero attached hydrogens (tertiary/aromatic N) is 2. The van der Waals surface area contributed by atoms with Crippen LogP contribution in [0.5, 0.6) is 11.5 Å². The van der Waals surface area contributed by atoms with Crippen molar-refractivity contribution in [3.63, 3.8) is 0 Å². The van der Waals surface area contributed by atoms with Crippen molar-refractivity contribution in [2.24, 2.45) is 5.92 Å². The molecule has 2 heterocycles. The molecule has 0 aromatic heterocycles. The summed E-state index contributed by atoms with van der Waals surface area (Å²) in [5.74, 6) is 1.44. The lowest BCUT2D eigenvalue weighted by molar-refractivity contribution is 0.0905. The minimum absolute atomic E-state index is 0.177. The molecule has 0 radical (unpaired) electrons. The van der Waals surface area contributed by atoms with Crippen LogP contribution in [0.2, 0.25) is 0 Å². The van der Waals surface area contributed by atoms with Crippen molar-refractivity contribution < 1.29 is 17.9 Å². The smallest absolute Gasteiger partial charge is 0.240 e. The van der Waals surface area contributed by atoms with Gasteiger partial charge < -0.3 is 14.4 Å². The van der Waals surface area contributed by atoms with Gasteiger partial charge in [0.2, 0.25) is 10.0 Å². The van der Waals surface area contributed by atoms with Gasteiger partial charge in [0.1, 0.15) is 13.2 Å². The summed E-state index contributed by atoms with van der Waals surface area (Å²) in [7, 11) is -1.48. The second-order valence-electron chi connectivity index (χ2n) is 7.31. The van der Waals surface area contributed by atoms with Crippen LogP contribution in [0.3, 0.4) is 0 Å². The number of benzene rings is 1. The van der Waals surface area contributed by atoms with Crippen LogP contribution >= 0.6 is 0 Å². The number of fused-ring (bicyclic) bond motifs is 1. The first-order valence-corrected chi connectivity index (χ1v) is 10.7. The molecule has 1 aromatic carbocycles. The number of rotatable bonds is 6. The van der Waals surface area contributed by atoms with Crippen LogP contribution < -0.4 is 14.2 Å². The fourth-order valence-electron chi connectivity index (χ4n) is 3.41. The Morgan fingerprint density at radius 3 is 2.38 bits per heavy atom. The summed E-state index contributed by atoms with van der Waals surface area (Å²) < 4.78 is 39.2. The molecule has 0 spiro atoms. The van der Waals surface area contributed by atoms with E-state index in [-0.39, 0.29) is 10.9 Å². The maximum Gasteiger partial charge on any atom is 0.240 e. The van der Waals surface area contributed by atoms with Crippen LogP contribution in [0, 0.1) is 5.92 Å². The van der Waals surface area contributed by atoms with Gasteiger partial charge in [0.05, 0.1) is 4.90 Å². The van der Waals surface area contributed by atoms with Gasteiger partial charge in [0, 0.05) is 44.8 Å². The predicted octanol–water partition coefficient (Wildman–Crippen LogP) is 1.01. The van der Waals surface area contributed by atoms with Gasteiger partial charge in [-0.2, -0.15) is 0 Å². The summed E-state index contributed by atoms with van der Waals surface area (Å²) in [6.07, 6.45) is 0. The Labute approximate surface area is 156 Å². The number of ether oxygens (including phenoxy) is 2. The van der Waals surface area contributed by atoms with Crippen LogP contribution in [0.1, 0.15) is 13.8 Å². The third kappa shape index (κ3) is 4.49. The maximum absolute atomic E-state index is 12.7. The van der Waals surface area contributed by atoms with Crippen LogP contribution in [-0.4, -0.2) is 77.2 Å². The lowest BCUT2D eigenvalue weighted by Crippen LogP contribution is -2.54. The molecule has 146 valence electrons. The van der Waals surface area contributed by atoms with E-state index in [0.29, 0.717) is 37.2 Å². The van der Waals surface area contributed by atoms with Crippen LogP contribution in [0.15, 0.2) is 23.1 Å². The largest absolute Gasteiger partial charge is 0.486 e. The summed E-state index contributed by atoms with van der Waals surface area (Å²) in [5, 5.41) is 0. The van der Waals surface area contributed by atoms with Crippen molar-refractivity contribution >= 4 is 10.0 Å². The maximum atomic E-state index is 12.7. The Balaban J connectivity index is 1.68. The van der Waals surface area contributed by atoms with E-state index in [9.17, 15) is 8.42 Å². The molecule has 1 atom stereocenters. The minimum Gasteiger partial charge on any atom is -0.486 e. The van der Waals surface area contributed by atoms with Crippen molar-refractivity contribution in [1.82, 2.24) is 14.5 Å². The Kier molecular flexibility index (Phi) is 6.06. The first-order chi connectivity index (χ1) is 12.4. The molecule has 7 nitrogen and oxygen atoms in total. The Hall–Kier alpha value is -1.35. The molecule has 3 rings (SSSR count). The highest BCUT2D eigenvalue weighted by atomic mass is 32.2. The van der Waals surface area contributed by atoms with Crippen LogP contribution in [0.25, 0.3) is 0 Å². The summed E-state index contributed by atoms with van der Waals surface area (Å²) in [5.41, 5.74) is 0. The van der Waals surface area contributed by atoms with E-state index in [2.05, 4.69) is 35.4 Å². The SMILES string of the molecule is CC(C)C(CNS(=O)(=O)c1ccc2c(c1)OCCO2)N1CCN(C)CC1. The quantitative estimate of drug-likeness (QED) is 0.791. The van der Waals surface area contributed by atoms with Gasteiger partial charge >= 0.3 is 0 Å². The van der Waals surface area contributed by atoms with E-state index < -0.39 is 10.0 Å². The van der Waals surface area contributed by atoms with E-state index >= 15 is 0 Å². The summed E-state index contributed by atoms with van der Waals surface area (Å²) in [6.45, 7) is 9.55. The fourth-order valence-corrected chi connectivity index (χ4v) is 4.48. The molecule has 1 aromatic rings. The highest BCUT2D eigenvalue weighted by Crippen LogP contribution is 2.32. The number of sulfonamides is 1. The zero-order valence-electron chi connectivity index (χ0n) is 15.8. The van der Waals surface area contributed by atoms with Crippen LogP contribution in [-0.2, 0) is 10.0 Å². The molecule has 1 saturated heterocycles. The highest BCUT2D eigenvalue weighted by Gasteiger charge is 2.27. The lowest BCUT2D eigenvalue weighted by Gasteiger charge is -2.39. The van der Waals surface area contributed by atoms with Crippen molar-refractivity contribution in [3.05, 3.63) is 18.2 Å². The number of hydrogen-bond donors (Lipinski definition) is 1. The number of hydrogen-bond acceptors (Lipinski definition) is 6. The van der Waals surface area contributed by atoms with Gasteiger partial charge in [0.15, 0.2) is 11.5 Å². The summed E-state index contributed by atoms with van der Waals surface area (Å²) in [6, 6.07) is 4.94. The van der Waals surface area contributed by atoms with Crippen LogP contribution in [0.4, 0.5) is 0 Å². The van der Waals surface area contributed by atoms with Gasteiger partial charge in [-0.05, 0) is 25.1 Å². The molecule has 0 saturated carbocycles. The number of likely N-dealkylation sites (N-methyl/N-ethyl adjacent to an activating group) is 1. The predicted molar refractivity (Wildman–Crippen MR) is 100 cm³/mol. The third-order valence-corrected chi connectivity index (χ3v) is 6.50. The standard InChI is InChI=1S/C18H29N3O4S/c1-14(2)16(21-8-6-20(3)7-9-21)13-19-26(22,23)15-4-5-17-18(12-15)25-11-10-24-17/h4-5,12,14,16,19H,6-11,13H2,1-3H3. The molecular weight excluding hydrogens is 354 g/mol. The Morgan fingerprint density at radius 1 is 1.08 bits per heavy atom. The van der Waals surface area contributed by atoms with Gasteiger partial charge in [-0.1, -0.05) is 13.8 Å². The third-order valence-electron chi connectivity index (χ3n) is 5.08. The van der Waals surface area contributed by atoms with Crippen molar-refractivity contribution in [1.29, 1.82) is 0 Å². The monoisotopic (exact) mass is 383 g/mol. The van der Waals surface area contributed by atoms with E-state index in [1.165, 1.54) is 6.07 Å². The fraction of sp³-hybridized carbons (Fsp3) is 0.667. The zero-order valence-corrected chi connectivity index (χ0v) is 16.6. The molecule has 26 heavy (non-hydrogen) atoms. The van der Waals surface area contributed by atoms with E-state index in [1.807, 2.05) is 0 Å².